The van der Waals surface area contributed by atoms with Crippen molar-refractivity contribution >= 4 is 35.2 Å². The lowest BCUT2D eigenvalue weighted by Gasteiger charge is -2.13. The standard InChI is InChI=1S/C14H6Cl2F3N3O2/c15-9-3-8(14(17,18)19)4-10(16)13(9)22-11(1-2-12(23)24)7(5-20)6-21-22/h1-4,6H,(H,23,24). The molecule has 0 saturated carbocycles. The predicted octanol–water partition coefficient (Wildman–Crippen LogP) is 4.17. The van der Waals surface area contributed by atoms with Crippen LogP contribution in [0.1, 0.15) is 16.8 Å². The number of aliphatic carboxylic acids is 1. The molecule has 0 aliphatic rings. The second-order valence-electron chi connectivity index (χ2n) is 4.42. The van der Waals surface area contributed by atoms with Crippen molar-refractivity contribution < 1.29 is 23.1 Å². The van der Waals surface area contributed by atoms with Crippen molar-refractivity contribution in [2.75, 3.05) is 0 Å². The van der Waals surface area contributed by atoms with Crippen LogP contribution in [0.25, 0.3) is 11.8 Å². The molecule has 1 aromatic heterocycles. The number of hydrogen-bond acceptors (Lipinski definition) is 3. The van der Waals surface area contributed by atoms with Gasteiger partial charge in [0.2, 0.25) is 0 Å². The summed E-state index contributed by atoms with van der Waals surface area (Å²) in [6, 6.07) is 3.13. The van der Waals surface area contributed by atoms with Gasteiger partial charge in [-0.05, 0) is 18.2 Å². The zero-order chi connectivity index (χ0) is 18.1. The fourth-order valence-corrected chi connectivity index (χ4v) is 2.51. The molecule has 0 unspecified atom stereocenters. The lowest BCUT2D eigenvalue weighted by Crippen LogP contribution is -2.08. The van der Waals surface area contributed by atoms with Gasteiger partial charge in [-0.3, -0.25) is 0 Å². The van der Waals surface area contributed by atoms with E-state index in [4.69, 9.17) is 33.6 Å². The van der Waals surface area contributed by atoms with Crippen LogP contribution < -0.4 is 0 Å². The quantitative estimate of drug-likeness (QED) is 0.816. The van der Waals surface area contributed by atoms with Gasteiger partial charge in [0.25, 0.3) is 0 Å². The van der Waals surface area contributed by atoms with Crippen molar-refractivity contribution in [3.05, 3.63) is 51.3 Å². The maximum absolute atomic E-state index is 12.8. The maximum Gasteiger partial charge on any atom is 0.416 e. The Morgan fingerprint density at radius 1 is 1.33 bits per heavy atom. The van der Waals surface area contributed by atoms with Gasteiger partial charge in [-0.25, -0.2) is 9.48 Å². The Morgan fingerprint density at radius 2 is 1.92 bits per heavy atom. The van der Waals surface area contributed by atoms with E-state index < -0.39 is 17.7 Å². The molecule has 0 bridgehead atoms. The molecule has 0 fully saturated rings. The first-order valence-electron chi connectivity index (χ1n) is 6.11. The van der Waals surface area contributed by atoms with Gasteiger partial charge in [0.1, 0.15) is 11.8 Å². The van der Waals surface area contributed by atoms with Crippen molar-refractivity contribution in [3.63, 3.8) is 0 Å². The molecule has 1 aromatic carbocycles. The number of hydrogen-bond donors (Lipinski definition) is 1. The lowest BCUT2D eigenvalue weighted by molar-refractivity contribution is -0.137. The summed E-state index contributed by atoms with van der Waals surface area (Å²) >= 11 is 11.8. The van der Waals surface area contributed by atoms with Gasteiger partial charge in [-0.2, -0.15) is 23.5 Å². The van der Waals surface area contributed by atoms with E-state index in [1.807, 2.05) is 0 Å². The Kier molecular flexibility index (Phi) is 4.87. The number of nitrogens with zero attached hydrogens (tertiary/aromatic N) is 3. The number of halogens is 5. The number of rotatable bonds is 3. The third-order valence-electron chi connectivity index (χ3n) is 2.87. The molecule has 5 nitrogen and oxygen atoms in total. The van der Waals surface area contributed by atoms with Crippen LogP contribution in [-0.2, 0) is 11.0 Å². The van der Waals surface area contributed by atoms with Gasteiger partial charge in [0.05, 0.1) is 33.1 Å². The van der Waals surface area contributed by atoms with E-state index in [1.165, 1.54) is 0 Å². The molecule has 0 aliphatic heterocycles. The molecular formula is C14H6Cl2F3N3O2. The largest absolute Gasteiger partial charge is 0.478 e. The number of carboxylic acids is 1. The first kappa shape index (κ1) is 17.8. The molecule has 10 heteroatoms. The number of aromatic nitrogens is 2. The molecule has 0 amide bonds. The molecule has 0 aliphatic carbocycles. The highest BCUT2D eigenvalue weighted by Crippen LogP contribution is 2.38. The lowest BCUT2D eigenvalue weighted by atomic mass is 10.2. The van der Waals surface area contributed by atoms with Gasteiger partial charge in [0, 0.05) is 6.08 Å². The average Bonchev–Trinajstić information content (AvgIpc) is 2.86. The third kappa shape index (κ3) is 3.53. The predicted molar refractivity (Wildman–Crippen MR) is 80.0 cm³/mol. The third-order valence-corrected chi connectivity index (χ3v) is 3.44. The smallest absolute Gasteiger partial charge is 0.416 e. The van der Waals surface area contributed by atoms with Crippen LogP contribution in [0.15, 0.2) is 24.4 Å². The summed E-state index contributed by atoms with van der Waals surface area (Å²) < 4.78 is 39.3. The fourth-order valence-electron chi connectivity index (χ4n) is 1.86. The van der Waals surface area contributed by atoms with E-state index in [1.54, 1.807) is 6.07 Å². The Balaban J connectivity index is 2.68. The van der Waals surface area contributed by atoms with Crippen LogP contribution in [0, 0.1) is 11.3 Å². The van der Waals surface area contributed by atoms with Crippen molar-refractivity contribution in [1.29, 1.82) is 5.26 Å². The van der Waals surface area contributed by atoms with Crippen molar-refractivity contribution in [2.45, 2.75) is 6.18 Å². The fraction of sp³-hybridized carbons (Fsp3) is 0.0714. The average molecular weight is 376 g/mol. The van der Waals surface area contributed by atoms with E-state index in [-0.39, 0.29) is 27.0 Å². The van der Waals surface area contributed by atoms with Crippen LogP contribution in [-0.4, -0.2) is 20.9 Å². The van der Waals surface area contributed by atoms with Gasteiger partial charge in [0.15, 0.2) is 0 Å². The first-order chi connectivity index (χ1) is 11.1. The SMILES string of the molecule is N#Cc1cnn(-c2c(Cl)cc(C(F)(F)F)cc2Cl)c1C=CC(=O)O. The zero-order valence-electron chi connectivity index (χ0n) is 11.5. The van der Waals surface area contributed by atoms with Crippen molar-refractivity contribution in [1.82, 2.24) is 9.78 Å². The van der Waals surface area contributed by atoms with E-state index in [9.17, 15) is 18.0 Å². The monoisotopic (exact) mass is 375 g/mol. The van der Waals surface area contributed by atoms with E-state index in [2.05, 4.69) is 5.10 Å². The minimum atomic E-state index is -4.64. The van der Waals surface area contributed by atoms with E-state index >= 15 is 0 Å². The molecular weight excluding hydrogens is 370 g/mol. The molecule has 1 N–H and O–H groups in total. The molecule has 0 saturated heterocycles. The van der Waals surface area contributed by atoms with Gasteiger partial charge >= 0.3 is 12.1 Å². The number of nitriles is 1. The summed E-state index contributed by atoms with van der Waals surface area (Å²) in [5, 5.41) is 20.9. The molecule has 0 radical (unpaired) electrons. The number of carboxylic acid groups (broad SMARTS) is 1. The minimum absolute atomic E-state index is 0.000434. The summed E-state index contributed by atoms with van der Waals surface area (Å²) in [7, 11) is 0. The Labute approximate surface area is 143 Å². The molecule has 2 aromatic rings. The Morgan fingerprint density at radius 3 is 2.38 bits per heavy atom. The number of alkyl halides is 3. The van der Waals surface area contributed by atoms with Crippen molar-refractivity contribution in [3.8, 4) is 11.8 Å². The number of carbonyl (C=O) groups is 1. The number of benzene rings is 1. The summed E-state index contributed by atoms with van der Waals surface area (Å²) in [5.41, 5.74) is -1.13. The second-order valence-corrected chi connectivity index (χ2v) is 5.24. The van der Waals surface area contributed by atoms with E-state index in [0.29, 0.717) is 12.1 Å². The maximum atomic E-state index is 12.8. The van der Waals surface area contributed by atoms with Crippen molar-refractivity contribution in [2.24, 2.45) is 0 Å². The highest BCUT2D eigenvalue weighted by Gasteiger charge is 2.32. The molecule has 124 valence electrons. The molecule has 0 spiro atoms. The highest BCUT2D eigenvalue weighted by molar-refractivity contribution is 6.37. The Bertz CT molecular complexity index is 859. The Hall–Kier alpha value is -2.50. The highest BCUT2D eigenvalue weighted by atomic mass is 35.5. The summed E-state index contributed by atoms with van der Waals surface area (Å²) in [6.45, 7) is 0. The normalized spacial score (nSPS) is 11.7. The van der Waals surface area contributed by atoms with Gasteiger partial charge in [-0.15, -0.1) is 0 Å². The van der Waals surface area contributed by atoms with Gasteiger partial charge in [-0.1, -0.05) is 23.2 Å². The van der Waals surface area contributed by atoms with Crippen LogP contribution >= 0.6 is 23.2 Å². The van der Waals surface area contributed by atoms with Crippen LogP contribution in [0.5, 0.6) is 0 Å². The van der Waals surface area contributed by atoms with Crippen LogP contribution in [0.3, 0.4) is 0 Å². The minimum Gasteiger partial charge on any atom is -0.478 e. The molecule has 1 heterocycles. The molecule has 24 heavy (non-hydrogen) atoms. The van der Waals surface area contributed by atoms with Crippen LogP contribution in [0.2, 0.25) is 10.0 Å². The van der Waals surface area contributed by atoms with Gasteiger partial charge < -0.3 is 5.11 Å². The summed E-state index contributed by atoms with van der Waals surface area (Å²) in [5.74, 6) is -1.28. The summed E-state index contributed by atoms with van der Waals surface area (Å²) in [6.07, 6.45) is -1.70. The second kappa shape index (κ2) is 6.55. The first-order valence-corrected chi connectivity index (χ1v) is 6.86. The van der Waals surface area contributed by atoms with Crippen LogP contribution in [0.4, 0.5) is 13.2 Å². The molecule has 2 rings (SSSR count). The topological polar surface area (TPSA) is 78.9 Å². The zero-order valence-corrected chi connectivity index (χ0v) is 13.0. The summed E-state index contributed by atoms with van der Waals surface area (Å²) in [4.78, 5) is 10.7. The molecule has 0 atom stereocenters. The van der Waals surface area contributed by atoms with E-state index in [0.717, 1.165) is 23.0 Å².